The van der Waals surface area contributed by atoms with Crippen LogP contribution in [0.5, 0.6) is 0 Å². The number of aryl methyl sites for hydroxylation is 2. The lowest BCUT2D eigenvalue weighted by Crippen LogP contribution is -2.52. The number of esters is 1. The van der Waals surface area contributed by atoms with Crippen molar-refractivity contribution in [3.63, 3.8) is 0 Å². The van der Waals surface area contributed by atoms with E-state index in [1.54, 1.807) is 22.8 Å². The Kier molecular flexibility index (Phi) is 5.48. The van der Waals surface area contributed by atoms with Gasteiger partial charge in [0.2, 0.25) is 5.91 Å². The summed E-state index contributed by atoms with van der Waals surface area (Å²) in [5.41, 5.74) is 6.47. The second kappa shape index (κ2) is 7.35. The van der Waals surface area contributed by atoms with Gasteiger partial charge in [0.05, 0.1) is 12.8 Å². The molecule has 0 aliphatic carbocycles. The second-order valence-corrected chi connectivity index (χ2v) is 5.65. The molecule has 2 N–H and O–H groups in total. The molecule has 1 amide bonds. The summed E-state index contributed by atoms with van der Waals surface area (Å²) in [5, 5.41) is 7.80. The Labute approximate surface area is 129 Å². The van der Waals surface area contributed by atoms with E-state index in [-0.39, 0.29) is 17.8 Å². The largest absolute Gasteiger partial charge is 0.467 e. The van der Waals surface area contributed by atoms with Crippen molar-refractivity contribution in [3.05, 3.63) is 11.9 Å². The molecule has 8 nitrogen and oxygen atoms in total. The maximum Gasteiger partial charge on any atom is 0.328 e. The molecule has 1 aliphatic rings. The average Bonchev–Trinajstić information content (AvgIpc) is 2.96. The summed E-state index contributed by atoms with van der Waals surface area (Å²) in [6, 6.07) is -0.498. The van der Waals surface area contributed by atoms with Gasteiger partial charge in [-0.2, -0.15) is 0 Å². The molecule has 1 fully saturated rings. The van der Waals surface area contributed by atoms with E-state index in [0.29, 0.717) is 32.4 Å². The van der Waals surface area contributed by atoms with Gasteiger partial charge in [0.1, 0.15) is 6.04 Å². The third-order valence-corrected chi connectivity index (χ3v) is 4.05. The van der Waals surface area contributed by atoms with E-state index in [1.165, 1.54) is 7.11 Å². The molecule has 1 saturated heterocycles. The van der Waals surface area contributed by atoms with Gasteiger partial charge in [0, 0.05) is 32.6 Å². The fourth-order valence-corrected chi connectivity index (χ4v) is 2.78. The fourth-order valence-electron chi connectivity index (χ4n) is 2.78. The number of hydrogen-bond donors (Lipinski definition) is 1. The Morgan fingerprint density at radius 2 is 2.23 bits per heavy atom. The summed E-state index contributed by atoms with van der Waals surface area (Å²) in [7, 11) is 3.13. The van der Waals surface area contributed by atoms with Crippen molar-refractivity contribution in [1.82, 2.24) is 19.9 Å². The molecule has 2 atom stereocenters. The third kappa shape index (κ3) is 3.82. The lowest BCUT2D eigenvalue weighted by atomic mass is 9.92. The Hall–Kier alpha value is -1.96. The Morgan fingerprint density at radius 3 is 2.82 bits per heavy atom. The number of amides is 1. The number of aromatic nitrogens is 3. The summed E-state index contributed by atoms with van der Waals surface area (Å²) in [5.74, 6) is -0.191. The van der Waals surface area contributed by atoms with Gasteiger partial charge in [0.25, 0.3) is 0 Å². The van der Waals surface area contributed by atoms with Crippen molar-refractivity contribution in [2.45, 2.75) is 31.7 Å². The highest BCUT2D eigenvalue weighted by Crippen LogP contribution is 2.23. The molecule has 0 saturated carbocycles. The standard InChI is InChI=1S/C14H23N5O3/c1-18-9-11(16-17-18)4-6-13(20)19-8-10(7-15)3-5-12(19)14(21)22-2/h9-10,12H,3-8,15H2,1-2H3. The van der Waals surface area contributed by atoms with Crippen molar-refractivity contribution >= 4 is 11.9 Å². The van der Waals surface area contributed by atoms with Crippen molar-refractivity contribution in [2.24, 2.45) is 18.7 Å². The predicted molar refractivity (Wildman–Crippen MR) is 78.6 cm³/mol. The summed E-state index contributed by atoms with van der Waals surface area (Å²) >= 11 is 0. The number of nitrogens with zero attached hydrogens (tertiary/aromatic N) is 4. The number of piperidine rings is 1. The van der Waals surface area contributed by atoms with Crippen molar-refractivity contribution in [3.8, 4) is 0 Å². The van der Waals surface area contributed by atoms with E-state index in [1.807, 2.05) is 0 Å². The van der Waals surface area contributed by atoms with Crippen molar-refractivity contribution in [1.29, 1.82) is 0 Å². The van der Waals surface area contributed by atoms with Gasteiger partial charge in [-0.1, -0.05) is 5.21 Å². The molecule has 122 valence electrons. The molecule has 0 radical (unpaired) electrons. The molecule has 0 bridgehead atoms. The van der Waals surface area contributed by atoms with Crippen LogP contribution in [0.3, 0.4) is 0 Å². The average molecular weight is 309 g/mol. The zero-order valence-corrected chi connectivity index (χ0v) is 13.1. The van der Waals surface area contributed by atoms with Crippen LogP contribution in [0.25, 0.3) is 0 Å². The van der Waals surface area contributed by atoms with Crippen LogP contribution in [0.15, 0.2) is 6.20 Å². The lowest BCUT2D eigenvalue weighted by Gasteiger charge is -2.37. The third-order valence-electron chi connectivity index (χ3n) is 4.05. The number of rotatable bonds is 5. The minimum absolute atomic E-state index is 0.0702. The summed E-state index contributed by atoms with van der Waals surface area (Å²) in [6.45, 7) is 1.03. The number of methoxy groups -OCH3 is 1. The van der Waals surface area contributed by atoms with Crippen LogP contribution in [0.2, 0.25) is 0 Å². The van der Waals surface area contributed by atoms with Crippen LogP contribution in [0.1, 0.15) is 25.0 Å². The maximum absolute atomic E-state index is 12.5. The second-order valence-electron chi connectivity index (χ2n) is 5.65. The fraction of sp³-hybridized carbons (Fsp3) is 0.714. The predicted octanol–water partition coefficient (Wildman–Crippen LogP) is -0.513. The molecule has 2 unspecified atom stereocenters. The Bertz CT molecular complexity index is 530. The van der Waals surface area contributed by atoms with Crippen molar-refractivity contribution < 1.29 is 14.3 Å². The molecular weight excluding hydrogens is 286 g/mol. The van der Waals surface area contributed by atoms with E-state index in [2.05, 4.69) is 10.3 Å². The van der Waals surface area contributed by atoms with Gasteiger partial charge >= 0.3 is 5.97 Å². The molecule has 1 aliphatic heterocycles. The van der Waals surface area contributed by atoms with E-state index >= 15 is 0 Å². The van der Waals surface area contributed by atoms with Gasteiger partial charge in [-0.3, -0.25) is 9.48 Å². The van der Waals surface area contributed by atoms with E-state index < -0.39 is 6.04 Å². The first-order valence-corrected chi connectivity index (χ1v) is 7.47. The number of nitrogens with two attached hydrogens (primary N) is 1. The first-order valence-electron chi connectivity index (χ1n) is 7.47. The van der Waals surface area contributed by atoms with Gasteiger partial charge in [-0.25, -0.2) is 4.79 Å². The summed E-state index contributed by atoms with van der Waals surface area (Å²) in [4.78, 5) is 26.0. The molecule has 2 rings (SSSR count). The zero-order valence-electron chi connectivity index (χ0n) is 13.1. The minimum atomic E-state index is -0.498. The Balaban J connectivity index is 2.00. The van der Waals surface area contributed by atoms with Crippen LogP contribution in [0.4, 0.5) is 0 Å². The molecular formula is C14H23N5O3. The number of carbonyl (C=O) groups is 2. The van der Waals surface area contributed by atoms with E-state index in [9.17, 15) is 9.59 Å². The van der Waals surface area contributed by atoms with Gasteiger partial charge in [-0.15, -0.1) is 5.10 Å². The number of carbonyl (C=O) groups excluding carboxylic acids is 2. The molecule has 0 aromatic carbocycles. The van der Waals surface area contributed by atoms with Crippen LogP contribution in [-0.2, 0) is 27.8 Å². The van der Waals surface area contributed by atoms with Gasteiger partial charge < -0.3 is 15.4 Å². The van der Waals surface area contributed by atoms with Crippen LogP contribution in [-0.4, -0.2) is 58.0 Å². The minimum Gasteiger partial charge on any atom is -0.467 e. The van der Waals surface area contributed by atoms with E-state index in [0.717, 1.165) is 12.1 Å². The van der Waals surface area contributed by atoms with Crippen LogP contribution < -0.4 is 5.73 Å². The quantitative estimate of drug-likeness (QED) is 0.735. The van der Waals surface area contributed by atoms with Gasteiger partial charge in [0.15, 0.2) is 0 Å². The topological polar surface area (TPSA) is 103 Å². The molecule has 2 heterocycles. The number of ether oxygens (including phenoxy) is 1. The number of hydrogen-bond acceptors (Lipinski definition) is 6. The first kappa shape index (κ1) is 16.4. The van der Waals surface area contributed by atoms with Crippen LogP contribution in [0, 0.1) is 5.92 Å². The SMILES string of the molecule is COC(=O)C1CCC(CN)CN1C(=O)CCc1cn(C)nn1. The normalized spacial score (nSPS) is 21.7. The highest BCUT2D eigenvalue weighted by Gasteiger charge is 2.35. The monoisotopic (exact) mass is 309 g/mol. The lowest BCUT2D eigenvalue weighted by molar-refractivity contribution is -0.155. The van der Waals surface area contributed by atoms with Crippen molar-refractivity contribution in [2.75, 3.05) is 20.2 Å². The summed E-state index contributed by atoms with van der Waals surface area (Å²) in [6.07, 6.45) is 4.02. The molecule has 1 aromatic heterocycles. The van der Waals surface area contributed by atoms with Crippen LogP contribution >= 0.6 is 0 Å². The molecule has 8 heteroatoms. The summed E-state index contributed by atoms with van der Waals surface area (Å²) < 4.78 is 6.41. The molecule has 1 aromatic rings. The smallest absolute Gasteiger partial charge is 0.328 e. The highest BCUT2D eigenvalue weighted by atomic mass is 16.5. The molecule has 0 spiro atoms. The maximum atomic E-state index is 12.5. The van der Waals surface area contributed by atoms with Gasteiger partial charge in [-0.05, 0) is 25.3 Å². The van der Waals surface area contributed by atoms with E-state index in [4.69, 9.17) is 10.5 Å². The highest BCUT2D eigenvalue weighted by molar-refractivity contribution is 5.84. The zero-order chi connectivity index (χ0) is 16.1. The number of likely N-dealkylation sites (tertiary alicyclic amines) is 1. The Morgan fingerprint density at radius 1 is 1.45 bits per heavy atom. The first-order chi connectivity index (χ1) is 10.5. The molecule has 22 heavy (non-hydrogen) atoms.